The third-order valence-corrected chi connectivity index (χ3v) is 4.46. The molecule has 0 fully saturated rings. The molecule has 0 aliphatic heterocycles. The predicted molar refractivity (Wildman–Crippen MR) is 97.3 cm³/mol. The maximum atomic E-state index is 12.5. The lowest BCUT2D eigenvalue weighted by Gasteiger charge is -2.17. The van der Waals surface area contributed by atoms with E-state index < -0.39 is 23.2 Å². The highest BCUT2D eigenvalue weighted by Crippen LogP contribution is 2.19. The van der Waals surface area contributed by atoms with Crippen LogP contribution >= 0.6 is 0 Å². The minimum absolute atomic E-state index is 0.0459. The van der Waals surface area contributed by atoms with Crippen molar-refractivity contribution in [2.45, 2.75) is 12.5 Å². The Balaban J connectivity index is 1.84. The Labute approximate surface area is 148 Å². The number of amides is 1. The lowest BCUT2D eigenvalue weighted by Crippen LogP contribution is -2.44. The molecule has 0 bridgehead atoms. The van der Waals surface area contributed by atoms with Gasteiger partial charge >= 0.3 is 5.69 Å². The molecule has 0 aliphatic carbocycles. The van der Waals surface area contributed by atoms with E-state index in [1.54, 1.807) is 0 Å². The molecule has 0 aliphatic rings. The summed E-state index contributed by atoms with van der Waals surface area (Å²) in [5.74, 6) is -0.582. The Morgan fingerprint density at radius 1 is 1.23 bits per heavy atom. The highest BCUT2D eigenvalue weighted by molar-refractivity contribution is 5.92. The summed E-state index contributed by atoms with van der Waals surface area (Å²) in [6, 6.07) is 8.30. The molecule has 136 valence electrons. The van der Waals surface area contributed by atoms with Gasteiger partial charge in [0.05, 0.1) is 12.6 Å². The van der Waals surface area contributed by atoms with Gasteiger partial charge in [-0.3, -0.25) is 18.7 Å². The van der Waals surface area contributed by atoms with E-state index in [1.807, 2.05) is 30.5 Å². The second-order valence-corrected chi connectivity index (χ2v) is 6.19. The van der Waals surface area contributed by atoms with Crippen LogP contribution in [-0.4, -0.2) is 37.8 Å². The maximum absolute atomic E-state index is 12.5. The Morgan fingerprint density at radius 2 is 1.96 bits per heavy atom. The van der Waals surface area contributed by atoms with Gasteiger partial charge in [0.25, 0.3) is 11.5 Å². The van der Waals surface area contributed by atoms with Crippen molar-refractivity contribution in [3.8, 4) is 0 Å². The molecule has 8 nitrogen and oxygen atoms in total. The van der Waals surface area contributed by atoms with Crippen LogP contribution in [0.15, 0.2) is 46.1 Å². The second-order valence-electron chi connectivity index (χ2n) is 6.19. The van der Waals surface area contributed by atoms with Gasteiger partial charge in [0, 0.05) is 37.3 Å². The number of carbonyl (C=O) groups excluding carboxylic acids is 1. The molecule has 2 heterocycles. The molecule has 0 radical (unpaired) electrons. The van der Waals surface area contributed by atoms with E-state index in [2.05, 4.69) is 10.3 Å². The monoisotopic (exact) mass is 356 g/mol. The van der Waals surface area contributed by atoms with Gasteiger partial charge in [-0.05, 0) is 18.1 Å². The number of nitrogens with one attached hydrogen (secondary N) is 2. The number of benzene rings is 1. The third-order valence-electron chi connectivity index (χ3n) is 4.46. The van der Waals surface area contributed by atoms with Crippen molar-refractivity contribution >= 4 is 16.8 Å². The fraction of sp³-hybridized carbons (Fsp3) is 0.278. The van der Waals surface area contributed by atoms with Gasteiger partial charge in [0.15, 0.2) is 0 Å². The molecule has 3 N–H and O–H groups in total. The summed E-state index contributed by atoms with van der Waals surface area (Å²) in [5, 5.41) is 13.4. The molecule has 2 aromatic heterocycles. The molecule has 0 saturated heterocycles. The fourth-order valence-electron chi connectivity index (χ4n) is 2.94. The number of aliphatic hydroxyl groups excluding tert-OH is 1. The number of rotatable bonds is 5. The lowest BCUT2D eigenvalue weighted by atomic mass is 10.1. The molecule has 1 atom stereocenters. The smallest absolute Gasteiger partial charge is 0.331 e. The zero-order valence-corrected chi connectivity index (χ0v) is 14.5. The van der Waals surface area contributed by atoms with Crippen LogP contribution in [0.3, 0.4) is 0 Å². The Hall–Kier alpha value is -3.13. The van der Waals surface area contributed by atoms with Gasteiger partial charge in [-0.25, -0.2) is 4.79 Å². The number of hydrogen-bond acceptors (Lipinski definition) is 4. The summed E-state index contributed by atoms with van der Waals surface area (Å²) in [6.07, 6.45) is 2.25. The number of fused-ring (bicyclic) bond motifs is 1. The van der Waals surface area contributed by atoms with E-state index in [4.69, 9.17) is 0 Å². The van der Waals surface area contributed by atoms with E-state index in [-0.39, 0.29) is 12.3 Å². The standard InChI is InChI=1S/C18H20N4O4/c1-21-15(8-16(24)22(2)18(21)26)17(25)20-12(10-23)7-11-9-19-14-6-4-3-5-13(11)14/h3-6,8-9,12,19,23H,7,10H2,1-2H3,(H,20,25)/t12-/m0/s1. The summed E-state index contributed by atoms with van der Waals surface area (Å²) in [5.41, 5.74) is 0.739. The fourth-order valence-corrected chi connectivity index (χ4v) is 2.94. The predicted octanol–water partition coefficient (Wildman–Crippen LogP) is -0.101. The Bertz CT molecular complexity index is 1080. The van der Waals surface area contributed by atoms with Crippen molar-refractivity contribution in [1.82, 2.24) is 19.4 Å². The summed E-state index contributed by atoms with van der Waals surface area (Å²) >= 11 is 0. The van der Waals surface area contributed by atoms with Gasteiger partial charge < -0.3 is 15.4 Å². The summed E-state index contributed by atoms with van der Waals surface area (Å²) in [4.78, 5) is 39.4. The van der Waals surface area contributed by atoms with Crippen LogP contribution in [0.4, 0.5) is 0 Å². The molecular weight excluding hydrogens is 336 g/mol. The van der Waals surface area contributed by atoms with Crippen molar-refractivity contribution in [3.05, 3.63) is 68.6 Å². The number of carbonyl (C=O) groups is 1. The van der Waals surface area contributed by atoms with E-state index in [0.29, 0.717) is 6.42 Å². The van der Waals surface area contributed by atoms with Gasteiger partial charge in [-0.2, -0.15) is 0 Å². The van der Waals surface area contributed by atoms with Crippen LogP contribution < -0.4 is 16.6 Å². The molecular formula is C18H20N4O4. The number of para-hydroxylation sites is 1. The van der Waals surface area contributed by atoms with E-state index in [1.165, 1.54) is 14.1 Å². The summed E-state index contributed by atoms with van der Waals surface area (Å²) in [6.45, 7) is -0.274. The topological polar surface area (TPSA) is 109 Å². The molecule has 26 heavy (non-hydrogen) atoms. The van der Waals surface area contributed by atoms with E-state index in [0.717, 1.165) is 31.7 Å². The average Bonchev–Trinajstić information content (AvgIpc) is 3.05. The molecule has 0 unspecified atom stereocenters. The number of aliphatic hydroxyl groups is 1. The van der Waals surface area contributed by atoms with Crippen molar-refractivity contribution in [1.29, 1.82) is 0 Å². The van der Waals surface area contributed by atoms with Crippen LogP contribution in [0, 0.1) is 0 Å². The van der Waals surface area contributed by atoms with Crippen molar-refractivity contribution in [2.24, 2.45) is 14.1 Å². The summed E-state index contributed by atoms with van der Waals surface area (Å²) < 4.78 is 2.03. The van der Waals surface area contributed by atoms with E-state index >= 15 is 0 Å². The first-order chi connectivity index (χ1) is 12.4. The number of hydrogen-bond donors (Lipinski definition) is 3. The number of aromatic nitrogens is 3. The normalized spacial score (nSPS) is 12.3. The van der Waals surface area contributed by atoms with Gasteiger partial charge in [-0.15, -0.1) is 0 Å². The highest BCUT2D eigenvalue weighted by Gasteiger charge is 2.19. The number of H-pyrrole nitrogens is 1. The summed E-state index contributed by atoms with van der Waals surface area (Å²) in [7, 11) is 2.77. The SMILES string of the molecule is Cn1c(C(=O)N[C@H](CO)Cc2c[nH]c3ccccc23)cc(=O)n(C)c1=O. The van der Waals surface area contributed by atoms with Crippen molar-refractivity contribution < 1.29 is 9.90 Å². The Kier molecular flexibility index (Phi) is 4.77. The van der Waals surface area contributed by atoms with Crippen molar-refractivity contribution in [2.75, 3.05) is 6.61 Å². The maximum Gasteiger partial charge on any atom is 0.331 e. The van der Waals surface area contributed by atoms with Crippen LogP contribution in [0.1, 0.15) is 16.1 Å². The first-order valence-corrected chi connectivity index (χ1v) is 8.16. The van der Waals surface area contributed by atoms with E-state index in [9.17, 15) is 19.5 Å². The second kappa shape index (κ2) is 7.01. The first-order valence-electron chi connectivity index (χ1n) is 8.16. The lowest BCUT2D eigenvalue weighted by molar-refractivity contribution is 0.0906. The number of nitrogens with zero attached hydrogens (tertiary/aromatic N) is 2. The molecule has 1 amide bonds. The minimum atomic E-state index is -0.583. The van der Waals surface area contributed by atoms with Crippen molar-refractivity contribution in [3.63, 3.8) is 0 Å². The zero-order chi connectivity index (χ0) is 18.8. The quantitative estimate of drug-likeness (QED) is 0.593. The minimum Gasteiger partial charge on any atom is -0.394 e. The van der Waals surface area contributed by atoms with Gasteiger partial charge in [-0.1, -0.05) is 18.2 Å². The molecule has 8 heteroatoms. The molecule has 3 aromatic rings. The first kappa shape index (κ1) is 17.7. The largest absolute Gasteiger partial charge is 0.394 e. The molecule has 3 rings (SSSR count). The molecule has 1 aromatic carbocycles. The Morgan fingerprint density at radius 3 is 2.69 bits per heavy atom. The highest BCUT2D eigenvalue weighted by atomic mass is 16.3. The van der Waals surface area contributed by atoms with Crippen LogP contribution in [0.25, 0.3) is 10.9 Å². The van der Waals surface area contributed by atoms with Crippen LogP contribution in [-0.2, 0) is 20.5 Å². The van der Waals surface area contributed by atoms with Gasteiger partial charge in [0.2, 0.25) is 0 Å². The van der Waals surface area contributed by atoms with Crippen LogP contribution in [0.2, 0.25) is 0 Å². The van der Waals surface area contributed by atoms with Crippen LogP contribution in [0.5, 0.6) is 0 Å². The van der Waals surface area contributed by atoms with Gasteiger partial charge in [0.1, 0.15) is 5.69 Å². The number of aromatic amines is 1. The third kappa shape index (κ3) is 3.18. The average molecular weight is 356 g/mol. The molecule has 0 saturated carbocycles. The molecule has 0 spiro atoms. The zero-order valence-electron chi connectivity index (χ0n) is 14.5.